The molecule has 0 bridgehead atoms. The van der Waals surface area contributed by atoms with Gasteiger partial charge in [0.25, 0.3) is 0 Å². The highest BCUT2D eigenvalue weighted by Crippen LogP contribution is 2.25. The zero-order chi connectivity index (χ0) is 13.0. The second-order valence-corrected chi connectivity index (χ2v) is 4.54. The van der Waals surface area contributed by atoms with Crippen molar-refractivity contribution in [2.75, 3.05) is 32.1 Å². The van der Waals surface area contributed by atoms with Crippen LogP contribution in [-0.2, 0) is 0 Å². The van der Waals surface area contributed by atoms with Crippen molar-refractivity contribution in [2.45, 2.75) is 25.8 Å². The normalized spacial score (nSPS) is 14.9. The number of likely N-dealkylation sites (N-methyl/N-ethyl adjacent to an activating group) is 1. The van der Waals surface area contributed by atoms with Crippen LogP contribution in [0.3, 0.4) is 0 Å². The number of anilines is 1. The smallest absolute Gasteiger partial charge is 0.322 e. The highest BCUT2D eigenvalue weighted by molar-refractivity contribution is 6.28. The Kier molecular flexibility index (Phi) is 4.54. The summed E-state index contributed by atoms with van der Waals surface area (Å²) in [5.74, 6) is 0.457. The Balaban J connectivity index is 1.83. The molecular weight excluding hydrogens is 254 g/mol. The third-order valence-corrected chi connectivity index (χ3v) is 3.09. The number of halogens is 1. The number of hydrogen-bond donors (Lipinski definition) is 1. The minimum atomic E-state index is 0.138. The second-order valence-electron chi connectivity index (χ2n) is 4.20. The zero-order valence-electron chi connectivity index (χ0n) is 10.7. The van der Waals surface area contributed by atoms with Gasteiger partial charge in [0.2, 0.25) is 11.2 Å². The van der Waals surface area contributed by atoms with Crippen LogP contribution in [0.1, 0.15) is 19.8 Å². The van der Waals surface area contributed by atoms with E-state index in [9.17, 15) is 0 Å². The van der Waals surface area contributed by atoms with Crippen LogP contribution in [0.4, 0.5) is 5.95 Å². The maximum absolute atomic E-state index is 5.77. The fraction of sp³-hybridized carbons (Fsp3) is 0.727. The van der Waals surface area contributed by atoms with Crippen LogP contribution in [0.2, 0.25) is 5.28 Å². The molecule has 0 spiro atoms. The van der Waals surface area contributed by atoms with E-state index in [0.717, 1.165) is 25.7 Å². The number of ether oxygens (including phenoxy) is 1. The third-order valence-electron chi connectivity index (χ3n) is 2.92. The molecule has 1 N–H and O–H groups in total. The van der Waals surface area contributed by atoms with Gasteiger partial charge in [0, 0.05) is 19.1 Å². The molecule has 0 saturated heterocycles. The Labute approximate surface area is 112 Å². The standard InChI is InChI=1S/C11H18ClN5O/c1-3-17(8-4-5-8)7-6-13-10-14-9(12)15-11(16-10)18-2/h8H,3-7H2,1-2H3,(H,13,14,15,16). The van der Waals surface area contributed by atoms with Crippen LogP contribution in [0, 0.1) is 0 Å². The lowest BCUT2D eigenvalue weighted by Crippen LogP contribution is -2.31. The number of methoxy groups -OCH3 is 1. The molecule has 0 radical (unpaired) electrons. The van der Waals surface area contributed by atoms with Crippen molar-refractivity contribution >= 4 is 17.5 Å². The summed E-state index contributed by atoms with van der Waals surface area (Å²) < 4.78 is 4.94. The fourth-order valence-corrected chi connectivity index (χ4v) is 2.00. The summed E-state index contributed by atoms with van der Waals surface area (Å²) in [4.78, 5) is 14.3. The predicted molar refractivity (Wildman–Crippen MR) is 70.1 cm³/mol. The van der Waals surface area contributed by atoms with Gasteiger partial charge in [-0.25, -0.2) is 0 Å². The maximum Gasteiger partial charge on any atom is 0.322 e. The molecule has 1 aromatic heterocycles. The largest absolute Gasteiger partial charge is 0.467 e. The lowest BCUT2D eigenvalue weighted by Gasteiger charge is -2.19. The Morgan fingerprint density at radius 2 is 2.17 bits per heavy atom. The van der Waals surface area contributed by atoms with Crippen molar-refractivity contribution < 1.29 is 4.74 Å². The first-order chi connectivity index (χ1) is 8.72. The maximum atomic E-state index is 5.77. The molecule has 1 aromatic rings. The van der Waals surface area contributed by atoms with Gasteiger partial charge in [0.1, 0.15) is 0 Å². The van der Waals surface area contributed by atoms with Crippen molar-refractivity contribution in [1.29, 1.82) is 0 Å². The molecule has 1 fully saturated rings. The lowest BCUT2D eigenvalue weighted by molar-refractivity contribution is 0.288. The minimum absolute atomic E-state index is 0.138. The first-order valence-electron chi connectivity index (χ1n) is 6.16. The molecule has 0 aromatic carbocycles. The SMILES string of the molecule is CCN(CCNc1nc(Cl)nc(OC)n1)C1CC1. The van der Waals surface area contributed by atoms with E-state index in [-0.39, 0.29) is 11.3 Å². The summed E-state index contributed by atoms with van der Waals surface area (Å²) in [6.07, 6.45) is 2.64. The van der Waals surface area contributed by atoms with Crippen molar-refractivity contribution in [3.63, 3.8) is 0 Å². The molecule has 6 nitrogen and oxygen atoms in total. The van der Waals surface area contributed by atoms with Gasteiger partial charge in [-0.2, -0.15) is 15.0 Å². The summed E-state index contributed by atoms with van der Waals surface area (Å²) in [6, 6.07) is 1.00. The Hall–Kier alpha value is -1.14. The second kappa shape index (κ2) is 6.15. The monoisotopic (exact) mass is 271 g/mol. The minimum Gasteiger partial charge on any atom is -0.467 e. The van der Waals surface area contributed by atoms with E-state index in [1.807, 2.05) is 0 Å². The summed E-state index contributed by atoms with van der Waals surface area (Å²) in [5, 5.41) is 3.28. The highest BCUT2D eigenvalue weighted by Gasteiger charge is 2.27. The van der Waals surface area contributed by atoms with Crippen LogP contribution in [0.5, 0.6) is 6.01 Å². The number of aromatic nitrogens is 3. The van der Waals surface area contributed by atoms with Gasteiger partial charge in [0.15, 0.2) is 0 Å². The molecule has 1 aliphatic rings. The molecule has 100 valence electrons. The summed E-state index contributed by atoms with van der Waals surface area (Å²) in [5.41, 5.74) is 0. The van der Waals surface area contributed by atoms with E-state index in [2.05, 4.69) is 32.1 Å². The molecule has 0 aliphatic heterocycles. The molecule has 1 aliphatic carbocycles. The predicted octanol–water partition coefficient (Wildman–Crippen LogP) is 1.43. The number of nitrogens with zero attached hydrogens (tertiary/aromatic N) is 4. The molecule has 7 heteroatoms. The molecule has 1 heterocycles. The van der Waals surface area contributed by atoms with Crippen molar-refractivity contribution in [1.82, 2.24) is 19.9 Å². The van der Waals surface area contributed by atoms with Crippen LogP contribution < -0.4 is 10.1 Å². The van der Waals surface area contributed by atoms with Crippen molar-refractivity contribution in [3.8, 4) is 6.01 Å². The van der Waals surface area contributed by atoms with E-state index in [0.29, 0.717) is 5.95 Å². The van der Waals surface area contributed by atoms with Gasteiger partial charge in [-0.1, -0.05) is 6.92 Å². The average molecular weight is 272 g/mol. The lowest BCUT2D eigenvalue weighted by atomic mass is 10.4. The molecule has 2 rings (SSSR count). The first-order valence-corrected chi connectivity index (χ1v) is 6.54. The number of nitrogens with one attached hydrogen (secondary N) is 1. The van der Waals surface area contributed by atoms with Gasteiger partial charge < -0.3 is 10.1 Å². The molecule has 0 amide bonds. The highest BCUT2D eigenvalue weighted by atomic mass is 35.5. The fourth-order valence-electron chi connectivity index (χ4n) is 1.85. The quantitative estimate of drug-likeness (QED) is 0.809. The van der Waals surface area contributed by atoms with Crippen LogP contribution in [0.15, 0.2) is 0 Å². The third kappa shape index (κ3) is 3.68. The van der Waals surface area contributed by atoms with E-state index in [1.54, 1.807) is 0 Å². The summed E-state index contributed by atoms with van der Waals surface area (Å²) >= 11 is 5.77. The van der Waals surface area contributed by atoms with Crippen molar-refractivity contribution in [2.24, 2.45) is 0 Å². The first kappa shape index (κ1) is 13.3. The van der Waals surface area contributed by atoms with Gasteiger partial charge in [0.05, 0.1) is 7.11 Å². The van der Waals surface area contributed by atoms with Crippen molar-refractivity contribution in [3.05, 3.63) is 5.28 Å². The van der Waals surface area contributed by atoms with Gasteiger partial charge in [-0.15, -0.1) is 0 Å². The molecule has 1 saturated carbocycles. The van der Waals surface area contributed by atoms with E-state index < -0.39 is 0 Å². The van der Waals surface area contributed by atoms with Gasteiger partial charge in [-0.05, 0) is 31.0 Å². The van der Waals surface area contributed by atoms with Crippen LogP contribution in [-0.4, -0.2) is 52.6 Å². The summed E-state index contributed by atoms with van der Waals surface area (Å²) in [7, 11) is 1.50. The molecular formula is C11H18ClN5O. The Morgan fingerprint density at radius 1 is 1.39 bits per heavy atom. The topological polar surface area (TPSA) is 63.2 Å². The van der Waals surface area contributed by atoms with Crippen LogP contribution >= 0.6 is 11.6 Å². The van der Waals surface area contributed by atoms with Gasteiger partial charge >= 0.3 is 6.01 Å². The molecule has 18 heavy (non-hydrogen) atoms. The van der Waals surface area contributed by atoms with Gasteiger partial charge in [-0.3, -0.25) is 4.90 Å². The van der Waals surface area contributed by atoms with E-state index in [1.165, 1.54) is 20.0 Å². The van der Waals surface area contributed by atoms with E-state index >= 15 is 0 Å². The Bertz CT molecular complexity index is 399. The van der Waals surface area contributed by atoms with Crippen LogP contribution in [0.25, 0.3) is 0 Å². The Morgan fingerprint density at radius 3 is 2.78 bits per heavy atom. The number of hydrogen-bond acceptors (Lipinski definition) is 6. The number of rotatable bonds is 7. The molecule has 0 atom stereocenters. The van der Waals surface area contributed by atoms with E-state index in [4.69, 9.17) is 16.3 Å². The average Bonchev–Trinajstić information content (AvgIpc) is 3.18. The zero-order valence-corrected chi connectivity index (χ0v) is 11.4. The summed E-state index contributed by atoms with van der Waals surface area (Å²) in [6.45, 7) is 5.02. The molecule has 0 unspecified atom stereocenters.